The van der Waals surface area contributed by atoms with E-state index in [0.717, 1.165) is 24.4 Å². The standard InChI is InChI=1S/C17H19ClN2/c18-13-7-5-12(6-8-13)9-10-20-17-11-16(19)14-3-1-2-4-15(14)17/h1-8,16-17,20H,9-11,19H2. The van der Waals surface area contributed by atoms with Crippen LogP contribution in [-0.2, 0) is 6.42 Å². The number of benzene rings is 2. The van der Waals surface area contributed by atoms with Gasteiger partial charge >= 0.3 is 0 Å². The van der Waals surface area contributed by atoms with Gasteiger partial charge in [0, 0.05) is 17.1 Å². The zero-order valence-electron chi connectivity index (χ0n) is 11.4. The Morgan fingerprint density at radius 2 is 1.75 bits per heavy atom. The van der Waals surface area contributed by atoms with Crippen LogP contribution in [-0.4, -0.2) is 6.54 Å². The molecule has 1 aliphatic carbocycles. The quantitative estimate of drug-likeness (QED) is 0.901. The Kier molecular flexibility index (Phi) is 4.06. The molecule has 0 aliphatic heterocycles. The van der Waals surface area contributed by atoms with Crippen molar-refractivity contribution in [2.24, 2.45) is 5.73 Å². The first kappa shape index (κ1) is 13.6. The number of nitrogens with one attached hydrogen (secondary N) is 1. The number of fused-ring (bicyclic) bond motifs is 1. The molecule has 2 nitrogen and oxygen atoms in total. The van der Waals surface area contributed by atoms with E-state index in [0.29, 0.717) is 6.04 Å². The lowest BCUT2D eigenvalue weighted by Gasteiger charge is -2.14. The highest BCUT2D eigenvalue weighted by Crippen LogP contribution is 2.36. The summed E-state index contributed by atoms with van der Waals surface area (Å²) in [5.41, 5.74) is 10.1. The van der Waals surface area contributed by atoms with Crippen molar-refractivity contribution in [2.75, 3.05) is 6.54 Å². The second kappa shape index (κ2) is 5.96. The van der Waals surface area contributed by atoms with Crippen molar-refractivity contribution in [3.8, 4) is 0 Å². The molecule has 0 spiro atoms. The fraction of sp³-hybridized carbons (Fsp3) is 0.294. The van der Waals surface area contributed by atoms with Gasteiger partial charge in [-0.05, 0) is 48.2 Å². The highest BCUT2D eigenvalue weighted by molar-refractivity contribution is 6.30. The molecule has 0 bridgehead atoms. The van der Waals surface area contributed by atoms with E-state index in [2.05, 4.69) is 41.7 Å². The summed E-state index contributed by atoms with van der Waals surface area (Å²) in [5.74, 6) is 0. The largest absolute Gasteiger partial charge is 0.324 e. The molecule has 3 rings (SSSR count). The van der Waals surface area contributed by atoms with E-state index in [1.165, 1.54) is 16.7 Å². The Morgan fingerprint density at radius 1 is 1.05 bits per heavy atom. The van der Waals surface area contributed by atoms with Crippen LogP contribution < -0.4 is 11.1 Å². The number of nitrogens with two attached hydrogens (primary N) is 1. The van der Waals surface area contributed by atoms with Gasteiger partial charge in [0.2, 0.25) is 0 Å². The molecule has 0 amide bonds. The number of hydrogen-bond donors (Lipinski definition) is 2. The normalized spacial score (nSPS) is 20.9. The van der Waals surface area contributed by atoms with Gasteiger partial charge in [0.25, 0.3) is 0 Å². The molecule has 2 atom stereocenters. The lowest BCUT2D eigenvalue weighted by atomic mass is 10.1. The Morgan fingerprint density at radius 3 is 2.50 bits per heavy atom. The van der Waals surface area contributed by atoms with Gasteiger partial charge in [-0.3, -0.25) is 0 Å². The van der Waals surface area contributed by atoms with Crippen LogP contribution in [0.1, 0.15) is 35.2 Å². The van der Waals surface area contributed by atoms with Gasteiger partial charge in [-0.15, -0.1) is 0 Å². The molecule has 2 unspecified atom stereocenters. The molecule has 0 saturated heterocycles. The minimum Gasteiger partial charge on any atom is -0.324 e. The van der Waals surface area contributed by atoms with Crippen molar-refractivity contribution in [3.63, 3.8) is 0 Å². The van der Waals surface area contributed by atoms with E-state index in [1.54, 1.807) is 0 Å². The molecule has 104 valence electrons. The highest BCUT2D eigenvalue weighted by Gasteiger charge is 2.27. The molecule has 0 fully saturated rings. The van der Waals surface area contributed by atoms with E-state index in [9.17, 15) is 0 Å². The topological polar surface area (TPSA) is 38.0 Å². The second-order valence-corrected chi connectivity index (χ2v) is 5.79. The van der Waals surface area contributed by atoms with E-state index in [4.69, 9.17) is 17.3 Å². The summed E-state index contributed by atoms with van der Waals surface area (Å²) in [7, 11) is 0. The SMILES string of the molecule is NC1CC(NCCc2ccc(Cl)cc2)c2ccccc21. The summed E-state index contributed by atoms with van der Waals surface area (Å²) in [4.78, 5) is 0. The smallest absolute Gasteiger partial charge is 0.0406 e. The maximum absolute atomic E-state index is 6.18. The van der Waals surface area contributed by atoms with Crippen molar-refractivity contribution in [2.45, 2.75) is 24.9 Å². The molecule has 0 radical (unpaired) electrons. The maximum atomic E-state index is 6.18. The molecule has 0 saturated carbocycles. The third-order valence-electron chi connectivity index (χ3n) is 3.98. The molecular formula is C17H19ClN2. The summed E-state index contributed by atoms with van der Waals surface area (Å²) in [6.07, 6.45) is 1.99. The highest BCUT2D eigenvalue weighted by atomic mass is 35.5. The van der Waals surface area contributed by atoms with Crippen LogP contribution in [0.4, 0.5) is 0 Å². The molecular weight excluding hydrogens is 268 g/mol. The zero-order chi connectivity index (χ0) is 13.9. The van der Waals surface area contributed by atoms with Gasteiger partial charge < -0.3 is 11.1 Å². The van der Waals surface area contributed by atoms with Gasteiger partial charge in [-0.1, -0.05) is 48.0 Å². The van der Waals surface area contributed by atoms with Crippen LogP contribution in [0, 0.1) is 0 Å². The predicted molar refractivity (Wildman–Crippen MR) is 83.9 cm³/mol. The summed E-state index contributed by atoms with van der Waals surface area (Å²) < 4.78 is 0. The van der Waals surface area contributed by atoms with E-state index >= 15 is 0 Å². The third kappa shape index (κ3) is 2.88. The van der Waals surface area contributed by atoms with E-state index in [-0.39, 0.29) is 6.04 Å². The Bertz CT molecular complexity index is 580. The van der Waals surface area contributed by atoms with Gasteiger partial charge in [0.15, 0.2) is 0 Å². The predicted octanol–water partition coefficient (Wildman–Crippen LogP) is 3.62. The Labute approximate surface area is 125 Å². The second-order valence-electron chi connectivity index (χ2n) is 5.35. The first-order valence-corrected chi connectivity index (χ1v) is 7.44. The van der Waals surface area contributed by atoms with Gasteiger partial charge in [-0.2, -0.15) is 0 Å². The average molecular weight is 287 g/mol. The van der Waals surface area contributed by atoms with Gasteiger partial charge in [-0.25, -0.2) is 0 Å². The Hall–Kier alpha value is -1.35. The number of rotatable bonds is 4. The first-order valence-electron chi connectivity index (χ1n) is 7.06. The molecule has 2 aromatic carbocycles. The van der Waals surface area contributed by atoms with Crippen LogP contribution in [0.15, 0.2) is 48.5 Å². The lowest BCUT2D eigenvalue weighted by molar-refractivity contribution is 0.502. The maximum Gasteiger partial charge on any atom is 0.0406 e. The summed E-state index contributed by atoms with van der Waals surface area (Å²) in [5, 5.41) is 4.41. The average Bonchev–Trinajstić information content (AvgIpc) is 2.79. The third-order valence-corrected chi connectivity index (χ3v) is 4.23. The van der Waals surface area contributed by atoms with Crippen LogP contribution >= 0.6 is 11.6 Å². The van der Waals surface area contributed by atoms with Crippen LogP contribution in [0.2, 0.25) is 5.02 Å². The number of hydrogen-bond acceptors (Lipinski definition) is 2. The summed E-state index contributed by atoms with van der Waals surface area (Å²) in [6, 6.07) is 17.1. The lowest BCUT2D eigenvalue weighted by Crippen LogP contribution is -2.22. The fourth-order valence-electron chi connectivity index (χ4n) is 2.91. The van der Waals surface area contributed by atoms with Crippen LogP contribution in [0.25, 0.3) is 0 Å². The number of halogens is 1. The van der Waals surface area contributed by atoms with Crippen molar-refractivity contribution in [1.82, 2.24) is 5.32 Å². The molecule has 1 aliphatic rings. The van der Waals surface area contributed by atoms with Crippen molar-refractivity contribution in [3.05, 3.63) is 70.2 Å². The summed E-state index contributed by atoms with van der Waals surface area (Å²) >= 11 is 5.89. The molecule has 0 heterocycles. The van der Waals surface area contributed by atoms with Crippen molar-refractivity contribution < 1.29 is 0 Å². The molecule has 2 aromatic rings. The molecule has 20 heavy (non-hydrogen) atoms. The molecule has 3 heteroatoms. The molecule has 0 aromatic heterocycles. The van der Waals surface area contributed by atoms with E-state index < -0.39 is 0 Å². The Balaban J connectivity index is 1.59. The van der Waals surface area contributed by atoms with Crippen molar-refractivity contribution >= 4 is 11.6 Å². The first-order chi connectivity index (χ1) is 9.74. The fourth-order valence-corrected chi connectivity index (χ4v) is 3.03. The summed E-state index contributed by atoms with van der Waals surface area (Å²) in [6.45, 7) is 0.952. The minimum absolute atomic E-state index is 0.166. The monoisotopic (exact) mass is 286 g/mol. The van der Waals surface area contributed by atoms with Crippen LogP contribution in [0.3, 0.4) is 0 Å². The molecule has 3 N–H and O–H groups in total. The van der Waals surface area contributed by atoms with E-state index in [1.807, 2.05) is 12.1 Å². The van der Waals surface area contributed by atoms with Crippen molar-refractivity contribution in [1.29, 1.82) is 0 Å². The zero-order valence-corrected chi connectivity index (χ0v) is 12.1. The van der Waals surface area contributed by atoms with Gasteiger partial charge in [0.05, 0.1) is 0 Å². The van der Waals surface area contributed by atoms with Crippen LogP contribution in [0.5, 0.6) is 0 Å². The minimum atomic E-state index is 0.166. The van der Waals surface area contributed by atoms with Gasteiger partial charge in [0.1, 0.15) is 0 Å².